The van der Waals surface area contributed by atoms with Gasteiger partial charge in [-0.05, 0) is 39.8 Å². The Hall–Kier alpha value is -1.18. The molecule has 0 aromatic carbocycles. The van der Waals surface area contributed by atoms with Crippen LogP contribution in [0.2, 0.25) is 0 Å². The highest BCUT2D eigenvalue weighted by Crippen LogP contribution is 2.44. The van der Waals surface area contributed by atoms with Crippen LogP contribution in [-0.4, -0.2) is 69.2 Å². The van der Waals surface area contributed by atoms with Gasteiger partial charge in [0, 0.05) is 0 Å². The van der Waals surface area contributed by atoms with Crippen molar-refractivity contribution in [2.75, 3.05) is 24.8 Å². The lowest BCUT2D eigenvalue weighted by atomic mass is 9.95. The first-order valence-electron chi connectivity index (χ1n) is 8.37. The molecule has 25 heavy (non-hydrogen) atoms. The summed E-state index contributed by atoms with van der Waals surface area (Å²) in [4.78, 5) is 8.55. The van der Waals surface area contributed by atoms with Gasteiger partial charge in [0.2, 0.25) is 0 Å². The lowest BCUT2D eigenvalue weighted by Gasteiger charge is -2.29. The molecule has 3 rings (SSSR count). The highest BCUT2D eigenvalue weighted by molar-refractivity contribution is 7.72. The Morgan fingerprint density at radius 2 is 2.20 bits per heavy atom. The normalized spacial score (nSPS) is 35.2. The molecule has 3 heterocycles. The average Bonchev–Trinajstić information content (AvgIpc) is 2.97. The van der Waals surface area contributed by atoms with Gasteiger partial charge >= 0.3 is 0 Å². The third-order valence-electron chi connectivity index (χ3n) is 4.76. The van der Waals surface area contributed by atoms with Crippen LogP contribution in [0.15, 0.2) is 11.3 Å². The molecule has 0 saturated carbocycles. The zero-order chi connectivity index (χ0) is 18.6. The predicted molar refractivity (Wildman–Crippen MR) is 102 cm³/mol. The average molecular weight is 369 g/mol. The first kappa shape index (κ1) is 18.6. The molecule has 0 aliphatic carbocycles. The van der Waals surface area contributed by atoms with Crippen LogP contribution in [0.3, 0.4) is 0 Å². The molecule has 2 aliphatic rings. The predicted octanol–water partition coefficient (Wildman–Crippen LogP) is 0.793. The number of anilines is 1. The minimum absolute atomic E-state index is 0.453. The van der Waals surface area contributed by atoms with Crippen LogP contribution in [0, 0.1) is 0 Å². The van der Waals surface area contributed by atoms with E-state index < -0.39 is 37.1 Å². The second kappa shape index (κ2) is 6.21. The van der Waals surface area contributed by atoms with Crippen molar-refractivity contribution in [3.05, 3.63) is 12.0 Å². The zero-order valence-corrected chi connectivity index (χ0v) is 16.1. The lowest BCUT2D eigenvalue weighted by Crippen LogP contribution is -2.44. The Morgan fingerprint density at radius 1 is 1.52 bits per heavy atom. The number of ether oxygens (including phenoxy) is 1. The standard InChI is InChI=1S/C16H28N5O3P/c1-9-19-13(17)11-14(20-9)21(8-18-11)15-16(2,23)12(22)10(24-15)6-7-25(3,4)5/h8,10,12-13,15,22-23H,3,6-7,17H2,1-2,4-5H3,(H,19,20)/t10-,12-,13?,15-,16-/m1/s1. The SMILES string of the molecule is C=P(C)(C)CC[C@H]1O[C@@H](n2cnc3c2NC(C)=NC3N)[C@](C)(O)[C@@H]1O. The highest BCUT2D eigenvalue weighted by Gasteiger charge is 2.53. The summed E-state index contributed by atoms with van der Waals surface area (Å²) in [5, 5.41) is 24.6. The Morgan fingerprint density at radius 3 is 2.84 bits per heavy atom. The van der Waals surface area contributed by atoms with Crippen LogP contribution in [-0.2, 0) is 4.74 Å². The number of hydrogen-bond acceptors (Lipinski definition) is 7. The van der Waals surface area contributed by atoms with Crippen LogP contribution in [0.5, 0.6) is 0 Å². The third kappa shape index (κ3) is 3.41. The summed E-state index contributed by atoms with van der Waals surface area (Å²) in [6, 6.07) is 0. The summed E-state index contributed by atoms with van der Waals surface area (Å²) in [6.45, 7) is 6.44. The molecular formula is C16H28N5O3P. The minimum Gasteiger partial charge on any atom is -0.387 e. The fraction of sp³-hybridized carbons (Fsp3) is 0.688. The van der Waals surface area contributed by atoms with Crippen LogP contribution in [0.4, 0.5) is 5.82 Å². The molecule has 0 bridgehead atoms. The number of amidine groups is 1. The van der Waals surface area contributed by atoms with Gasteiger partial charge in [-0.15, -0.1) is 13.2 Å². The van der Waals surface area contributed by atoms with Crippen molar-refractivity contribution >= 4 is 24.8 Å². The van der Waals surface area contributed by atoms with E-state index in [4.69, 9.17) is 10.5 Å². The van der Waals surface area contributed by atoms with Crippen molar-refractivity contribution < 1.29 is 14.9 Å². The Kier molecular flexibility index (Phi) is 4.62. The molecule has 1 unspecified atom stereocenters. The van der Waals surface area contributed by atoms with Gasteiger partial charge in [0.05, 0.1) is 12.4 Å². The van der Waals surface area contributed by atoms with Gasteiger partial charge in [-0.25, -0.2) is 9.98 Å². The number of aliphatic hydroxyl groups is 2. The number of nitrogens with one attached hydrogen (secondary N) is 1. The maximum atomic E-state index is 10.9. The molecule has 8 nitrogen and oxygen atoms in total. The second-order valence-electron chi connectivity index (χ2n) is 7.82. The van der Waals surface area contributed by atoms with Crippen LogP contribution in [0.1, 0.15) is 38.4 Å². The van der Waals surface area contributed by atoms with Gasteiger partial charge in [-0.3, -0.25) is 4.57 Å². The number of hydrogen-bond donors (Lipinski definition) is 4. The molecule has 1 saturated heterocycles. The molecule has 9 heteroatoms. The van der Waals surface area contributed by atoms with Gasteiger partial charge in [-0.1, -0.05) is 0 Å². The van der Waals surface area contributed by atoms with E-state index in [0.717, 1.165) is 6.16 Å². The van der Waals surface area contributed by atoms with Gasteiger partial charge in [-0.2, -0.15) is 0 Å². The molecule has 5 atom stereocenters. The number of nitrogens with two attached hydrogens (primary N) is 1. The first-order chi connectivity index (χ1) is 11.5. The molecule has 0 amide bonds. The number of aromatic nitrogens is 2. The summed E-state index contributed by atoms with van der Waals surface area (Å²) < 4.78 is 7.75. The van der Waals surface area contributed by atoms with E-state index in [-0.39, 0.29) is 0 Å². The molecule has 1 aromatic heterocycles. The number of fused-ring (bicyclic) bond motifs is 1. The molecule has 0 radical (unpaired) electrons. The summed E-state index contributed by atoms with van der Waals surface area (Å²) in [6.07, 6.45) is 4.54. The van der Waals surface area contributed by atoms with Crippen molar-refractivity contribution in [3.8, 4) is 0 Å². The van der Waals surface area contributed by atoms with Crippen LogP contribution < -0.4 is 11.1 Å². The number of rotatable bonds is 4. The van der Waals surface area contributed by atoms with Crippen LogP contribution in [0.25, 0.3) is 0 Å². The van der Waals surface area contributed by atoms with Gasteiger partial charge in [0.15, 0.2) is 6.23 Å². The van der Waals surface area contributed by atoms with E-state index in [1.54, 1.807) is 17.8 Å². The molecule has 2 aliphatic heterocycles. The number of aliphatic hydroxyl groups excluding tert-OH is 1. The maximum Gasteiger partial charge on any atom is 0.168 e. The monoisotopic (exact) mass is 369 g/mol. The Bertz CT molecular complexity index is 738. The van der Waals surface area contributed by atoms with Gasteiger partial charge < -0.3 is 26.0 Å². The van der Waals surface area contributed by atoms with Crippen LogP contribution >= 0.6 is 6.89 Å². The van der Waals surface area contributed by atoms with Crippen molar-refractivity contribution in [1.82, 2.24) is 9.55 Å². The second-order valence-corrected chi connectivity index (χ2v) is 12.1. The van der Waals surface area contributed by atoms with Gasteiger partial charge in [0.25, 0.3) is 0 Å². The third-order valence-corrected chi connectivity index (χ3v) is 6.23. The number of imidazole rings is 1. The van der Waals surface area contributed by atoms with Crippen molar-refractivity contribution in [2.24, 2.45) is 10.7 Å². The van der Waals surface area contributed by atoms with Crippen molar-refractivity contribution in [1.29, 1.82) is 0 Å². The largest absolute Gasteiger partial charge is 0.387 e. The smallest absolute Gasteiger partial charge is 0.168 e. The first-order valence-corrected chi connectivity index (χ1v) is 11.4. The van der Waals surface area contributed by atoms with E-state index in [1.165, 1.54) is 0 Å². The summed E-state index contributed by atoms with van der Waals surface area (Å²) in [5.41, 5.74) is 5.15. The summed E-state index contributed by atoms with van der Waals surface area (Å²) in [7, 11) is 0. The lowest BCUT2D eigenvalue weighted by molar-refractivity contribution is -0.0946. The van der Waals surface area contributed by atoms with Gasteiger partial charge in [0.1, 0.15) is 35.2 Å². The van der Waals surface area contributed by atoms with Crippen molar-refractivity contribution in [3.63, 3.8) is 0 Å². The van der Waals surface area contributed by atoms with E-state index >= 15 is 0 Å². The molecular weight excluding hydrogens is 341 g/mol. The van der Waals surface area contributed by atoms with E-state index in [2.05, 4.69) is 34.9 Å². The quantitative estimate of drug-likeness (QED) is 0.583. The Balaban J connectivity index is 1.87. The van der Waals surface area contributed by atoms with Crippen molar-refractivity contribution in [2.45, 2.75) is 50.5 Å². The molecule has 0 spiro atoms. The number of aliphatic imine (C=N–C) groups is 1. The summed E-state index contributed by atoms with van der Waals surface area (Å²) in [5.74, 6) is 1.31. The fourth-order valence-electron chi connectivity index (χ4n) is 3.32. The molecule has 1 aromatic rings. The minimum atomic E-state index is -1.45. The van der Waals surface area contributed by atoms with E-state index in [9.17, 15) is 10.2 Å². The topological polar surface area (TPSA) is 118 Å². The van der Waals surface area contributed by atoms with E-state index in [0.29, 0.717) is 23.8 Å². The molecule has 1 fully saturated rings. The Labute approximate surface area is 148 Å². The zero-order valence-electron chi connectivity index (χ0n) is 15.2. The highest BCUT2D eigenvalue weighted by atomic mass is 31.2. The number of nitrogens with zero attached hydrogens (tertiary/aromatic N) is 3. The summed E-state index contributed by atoms with van der Waals surface area (Å²) >= 11 is 0. The molecule has 5 N–H and O–H groups in total. The maximum absolute atomic E-state index is 10.9. The van der Waals surface area contributed by atoms with E-state index in [1.807, 2.05) is 6.92 Å². The fourth-order valence-corrected chi connectivity index (χ4v) is 4.28. The molecule has 140 valence electrons.